The lowest BCUT2D eigenvalue weighted by Crippen LogP contribution is -2.64. The molecule has 1 saturated heterocycles. The van der Waals surface area contributed by atoms with Gasteiger partial charge in [0.1, 0.15) is 29.2 Å². The molecule has 1 aromatic carbocycles. The van der Waals surface area contributed by atoms with Crippen LogP contribution in [-0.2, 0) is 19.6 Å². The summed E-state index contributed by atoms with van der Waals surface area (Å²) in [5, 5.41) is 33.5. The van der Waals surface area contributed by atoms with Crippen LogP contribution in [0.5, 0.6) is 0 Å². The lowest BCUT2D eigenvalue weighted by molar-refractivity contribution is -0.244. The van der Waals surface area contributed by atoms with Crippen LogP contribution in [0.2, 0.25) is 10.0 Å². The Morgan fingerprint density at radius 3 is 2.52 bits per heavy atom. The Hall–Kier alpha value is -1.24. The number of carbonyl (C=O) groups is 1. The van der Waals surface area contributed by atoms with Crippen molar-refractivity contribution in [3.63, 3.8) is 0 Å². The van der Waals surface area contributed by atoms with E-state index in [0.29, 0.717) is 5.92 Å². The molecule has 1 aliphatic carbocycles. The predicted octanol–water partition coefficient (Wildman–Crippen LogP) is 1.33. The molecule has 33 heavy (non-hydrogen) atoms. The number of aliphatic hydroxyl groups is 3. The molecule has 1 unspecified atom stereocenters. The zero-order valence-corrected chi connectivity index (χ0v) is 20.3. The molecular formula is C21H28Cl2N2O7S. The number of halogens is 2. The molecule has 12 heteroatoms. The molecule has 1 amide bonds. The first-order chi connectivity index (χ1) is 15.5. The van der Waals surface area contributed by atoms with E-state index in [9.17, 15) is 28.5 Å². The standard InChI is InChI=1S/C21H28Cl2N2O7S/c1-11-5-7-12(8-6-11)9-16(26)25-18-20(28)19(27)14(32-21(18)29)10-24-33(30,31)15-4-2-3-13(22)17(15)23/h2-4,9,11,14,18-21,24,27-29H,5-8,10H2,1H3,(H,25,26)/t11?,14-,18-,19-,20-,21?/m1/s1. The van der Waals surface area contributed by atoms with Crippen molar-refractivity contribution in [2.24, 2.45) is 5.92 Å². The molecule has 5 N–H and O–H groups in total. The van der Waals surface area contributed by atoms with E-state index >= 15 is 0 Å². The lowest BCUT2D eigenvalue weighted by atomic mass is 9.87. The highest BCUT2D eigenvalue weighted by molar-refractivity contribution is 7.89. The number of carbonyl (C=O) groups excluding carboxylic acids is 1. The van der Waals surface area contributed by atoms with Crippen LogP contribution >= 0.6 is 23.2 Å². The molecule has 1 aromatic rings. The lowest BCUT2D eigenvalue weighted by Gasteiger charge is -2.40. The molecule has 1 heterocycles. The van der Waals surface area contributed by atoms with Gasteiger partial charge in [-0.2, -0.15) is 0 Å². The van der Waals surface area contributed by atoms with Gasteiger partial charge in [0.15, 0.2) is 6.29 Å². The Bertz CT molecular complexity index is 994. The Balaban J connectivity index is 1.60. The quantitative estimate of drug-likeness (QED) is 0.354. The van der Waals surface area contributed by atoms with Gasteiger partial charge in [0, 0.05) is 12.6 Å². The second-order valence-electron chi connectivity index (χ2n) is 8.47. The first-order valence-electron chi connectivity index (χ1n) is 10.6. The zero-order valence-electron chi connectivity index (χ0n) is 17.9. The van der Waals surface area contributed by atoms with E-state index in [-0.39, 0.29) is 14.9 Å². The van der Waals surface area contributed by atoms with Crippen molar-refractivity contribution in [2.75, 3.05) is 6.54 Å². The van der Waals surface area contributed by atoms with Crippen LogP contribution in [0.25, 0.3) is 0 Å². The van der Waals surface area contributed by atoms with Crippen molar-refractivity contribution < 1.29 is 33.3 Å². The van der Waals surface area contributed by atoms with Gasteiger partial charge in [-0.25, -0.2) is 13.1 Å². The van der Waals surface area contributed by atoms with Crippen LogP contribution < -0.4 is 10.0 Å². The summed E-state index contributed by atoms with van der Waals surface area (Å²) in [4.78, 5) is 12.1. The third kappa shape index (κ3) is 6.46. The molecule has 3 rings (SSSR count). The summed E-state index contributed by atoms with van der Waals surface area (Å²) in [7, 11) is -4.12. The van der Waals surface area contributed by atoms with E-state index in [1.807, 2.05) is 0 Å². The Kier molecular flexibility index (Phi) is 8.79. The van der Waals surface area contributed by atoms with Gasteiger partial charge in [-0.05, 0) is 43.7 Å². The van der Waals surface area contributed by atoms with Crippen LogP contribution in [0.4, 0.5) is 0 Å². The van der Waals surface area contributed by atoms with Gasteiger partial charge >= 0.3 is 0 Å². The minimum Gasteiger partial charge on any atom is -0.388 e. The van der Waals surface area contributed by atoms with Crippen molar-refractivity contribution in [1.82, 2.24) is 10.0 Å². The smallest absolute Gasteiger partial charge is 0.244 e. The van der Waals surface area contributed by atoms with Crippen LogP contribution in [0.15, 0.2) is 34.7 Å². The number of aliphatic hydroxyl groups excluding tert-OH is 3. The van der Waals surface area contributed by atoms with Gasteiger partial charge in [0.05, 0.1) is 10.0 Å². The minimum absolute atomic E-state index is 0.0515. The van der Waals surface area contributed by atoms with Crippen LogP contribution in [-0.4, -0.2) is 66.8 Å². The number of hydrogen-bond donors (Lipinski definition) is 5. The molecule has 0 bridgehead atoms. The van der Waals surface area contributed by atoms with Crippen molar-refractivity contribution in [3.05, 3.63) is 39.9 Å². The fourth-order valence-electron chi connectivity index (χ4n) is 3.90. The summed E-state index contributed by atoms with van der Waals surface area (Å²) in [6, 6.07) is 2.81. The Morgan fingerprint density at radius 2 is 1.85 bits per heavy atom. The molecule has 1 saturated carbocycles. The van der Waals surface area contributed by atoms with E-state index in [0.717, 1.165) is 31.3 Å². The van der Waals surface area contributed by atoms with Gasteiger partial charge in [-0.1, -0.05) is 41.8 Å². The van der Waals surface area contributed by atoms with Crippen molar-refractivity contribution in [1.29, 1.82) is 0 Å². The highest BCUT2D eigenvalue weighted by atomic mass is 35.5. The van der Waals surface area contributed by atoms with Gasteiger partial charge in [-0.3, -0.25) is 4.79 Å². The summed E-state index contributed by atoms with van der Waals surface area (Å²) in [6.45, 7) is 1.69. The maximum atomic E-state index is 12.6. The summed E-state index contributed by atoms with van der Waals surface area (Å²) in [5.74, 6) is 0.105. The molecule has 0 aromatic heterocycles. The second-order valence-corrected chi connectivity index (χ2v) is 11.0. The fraction of sp³-hybridized carbons (Fsp3) is 0.571. The second kappa shape index (κ2) is 11.0. The van der Waals surface area contributed by atoms with E-state index in [4.69, 9.17) is 27.9 Å². The number of amides is 1. The van der Waals surface area contributed by atoms with Gasteiger partial charge in [0.25, 0.3) is 0 Å². The molecule has 0 radical (unpaired) electrons. The molecular weight excluding hydrogens is 495 g/mol. The minimum atomic E-state index is -4.12. The summed E-state index contributed by atoms with van der Waals surface area (Å²) in [6.07, 6.45) is -1.07. The first kappa shape index (κ1) is 26.4. The van der Waals surface area contributed by atoms with E-state index in [2.05, 4.69) is 17.0 Å². The van der Waals surface area contributed by atoms with Crippen LogP contribution in [0.1, 0.15) is 32.6 Å². The van der Waals surface area contributed by atoms with Gasteiger partial charge in [0.2, 0.25) is 15.9 Å². The van der Waals surface area contributed by atoms with Gasteiger partial charge in [-0.15, -0.1) is 0 Å². The predicted molar refractivity (Wildman–Crippen MR) is 122 cm³/mol. The maximum Gasteiger partial charge on any atom is 0.244 e. The highest BCUT2D eigenvalue weighted by Gasteiger charge is 2.44. The summed E-state index contributed by atoms with van der Waals surface area (Å²) in [5.41, 5.74) is 0.985. The van der Waals surface area contributed by atoms with E-state index < -0.39 is 53.1 Å². The van der Waals surface area contributed by atoms with Crippen molar-refractivity contribution in [3.8, 4) is 0 Å². The topological polar surface area (TPSA) is 145 Å². The highest BCUT2D eigenvalue weighted by Crippen LogP contribution is 2.29. The summed E-state index contributed by atoms with van der Waals surface area (Å²) < 4.78 is 32.6. The fourth-order valence-corrected chi connectivity index (χ4v) is 5.70. The molecule has 2 fully saturated rings. The van der Waals surface area contributed by atoms with Crippen molar-refractivity contribution >= 4 is 39.1 Å². The normalized spacial score (nSPS) is 30.7. The molecule has 0 spiro atoms. The number of benzene rings is 1. The molecule has 184 valence electrons. The molecule has 2 aliphatic rings. The third-order valence-electron chi connectivity index (χ3n) is 5.96. The van der Waals surface area contributed by atoms with E-state index in [1.54, 1.807) is 0 Å². The van der Waals surface area contributed by atoms with Crippen LogP contribution in [0.3, 0.4) is 0 Å². The van der Waals surface area contributed by atoms with Crippen molar-refractivity contribution in [2.45, 2.75) is 68.1 Å². The Morgan fingerprint density at radius 1 is 1.18 bits per heavy atom. The average molecular weight is 523 g/mol. The van der Waals surface area contributed by atoms with Crippen LogP contribution in [0, 0.1) is 5.92 Å². The maximum absolute atomic E-state index is 12.6. The number of sulfonamides is 1. The SMILES string of the molecule is CC1CCC(=CC(=O)N[C@H]2C(O)O[C@H](CNS(=O)(=O)c3cccc(Cl)c3Cl)[C@@H](O)[C@@H]2O)CC1. The number of ether oxygens (including phenoxy) is 1. The molecule has 9 nitrogen and oxygen atoms in total. The number of rotatable bonds is 6. The number of allylic oxidation sites excluding steroid dienone is 1. The number of nitrogens with one attached hydrogen (secondary N) is 2. The largest absolute Gasteiger partial charge is 0.388 e. The molecule has 1 aliphatic heterocycles. The average Bonchev–Trinajstić information content (AvgIpc) is 2.76. The number of hydrogen-bond acceptors (Lipinski definition) is 7. The monoisotopic (exact) mass is 522 g/mol. The van der Waals surface area contributed by atoms with Gasteiger partial charge < -0.3 is 25.4 Å². The third-order valence-corrected chi connectivity index (χ3v) is 8.36. The van der Waals surface area contributed by atoms with E-state index in [1.165, 1.54) is 24.3 Å². The zero-order chi connectivity index (χ0) is 24.3. The summed E-state index contributed by atoms with van der Waals surface area (Å²) >= 11 is 11.8. The molecule has 5 atom stereocenters. The Labute approximate surface area is 202 Å². The first-order valence-corrected chi connectivity index (χ1v) is 12.9.